The first-order chi connectivity index (χ1) is 9.08. The highest BCUT2D eigenvalue weighted by Crippen LogP contribution is 2.03. The highest BCUT2D eigenvalue weighted by atomic mass is 16.2. The van der Waals surface area contributed by atoms with Crippen molar-refractivity contribution < 1.29 is 15.1 Å². The van der Waals surface area contributed by atoms with E-state index in [1.165, 1.54) is 9.80 Å². The number of rotatable bonds is 8. The Morgan fingerprint density at radius 3 is 2.35 bits per heavy atom. The molecule has 6 nitrogen and oxygen atoms in total. The maximum absolute atomic E-state index is 12.1. The maximum Gasteiger partial charge on any atom is 0.328 e. The topological polar surface area (TPSA) is 84.2 Å². The first-order valence-corrected chi connectivity index (χ1v) is 6.60. The van der Waals surface area contributed by atoms with E-state index in [2.05, 4.69) is 25.4 Å². The molecule has 0 aromatic rings. The summed E-state index contributed by atoms with van der Waals surface area (Å²) in [6.07, 6.45) is 6.05. The minimum Gasteiger partial charge on any atom is -0.412 e. The normalized spacial score (nSPS) is 9.10. The molecule has 0 aromatic heterocycles. The van der Waals surface area contributed by atoms with E-state index in [1.54, 1.807) is 19.2 Å². The Morgan fingerprint density at radius 2 is 1.85 bits per heavy atom. The van der Waals surface area contributed by atoms with Crippen LogP contribution in [0.15, 0.2) is 25.3 Å². The number of urea groups is 2. The fourth-order valence-corrected chi connectivity index (χ4v) is 1.54. The van der Waals surface area contributed by atoms with Gasteiger partial charge in [0.05, 0.1) is 0 Å². The lowest BCUT2D eigenvalue weighted by Gasteiger charge is -2.26. The number of nitrogens with zero attached hydrogens (tertiary/aromatic N) is 2. The quantitative estimate of drug-likeness (QED) is 0.544. The van der Waals surface area contributed by atoms with Crippen molar-refractivity contribution in [2.45, 2.75) is 26.2 Å². The number of imide groups is 1. The zero-order chi connectivity index (χ0) is 14.7. The smallest absolute Gasteiger partial charge is 0.328 e. The zero-order valence-electron chi connectivity index (χ0n) is 12.5. The van der Waals surface area contributed by atoms with Crippen LogP contribution in [0.4, 0.5) is 9.59 Å². The van der Waals surface area contributed by atoms with Gasteiger partial charge in [-0.1, -0.05) is 31.9 Å². The summed E-state index contributed by atoms with van der Waals surface area (Å²) in [5.41, 5.74) is 0. The first kappa shape index (κ1) is 20.5. The second-order valence-corrected chi connectivity index (χ2v) is 4.29. The fraction of sp³-hybridized carbons (Fsp3) is 0.571. The van der Waals surface area contributed by atoms with Crippen LogP contribution in [-0.2, 0) is 0 Å². The third kappa shape index (κ3) is 7.58. The van der Waals surface area contributed by atoms with Crippen LogP contribution in [0.2, 0.25) is 0 Å². The molecule has 0 fully saturated rings. The van der Waals surface area contributed by atoms with Crippen LogP contribution in [-0.4, -0.2) is 54.0 Å². The molecular weight excluding hydrogens is 258 g/mol. The third-order valence-electron chi connectivity index (χ3n) is 2.59. The highest BCUT2D eigenvalue weighted by molar-refractivity contribution is 5.93. The summed E-state index contributed by atoms with van der Waals surface area (Å²) in [6.45, 7) is 10.4. The number of hydrogen-bond acceptors (Lipinski definition) is 2. The molecule has 0 atom stereocenters. The average Bonchev–Trinajstić information content (AvgIpc) is 2.40. The molecule has 0 spiro atoms. The van der Waals surface area contributed by atoms with Gasteiger partial charge in [0.15, 0.2) is 0 Å². The van der Waals surface area contributed by atoms with E-state index in [9.17, 15) is 9.59 Å². The summed E-state index contributed by atoms with van der Waals surface area (Å²) >= 11 is 0. The Hall–Kier alpha value is -1.82. The van der Waals surface area contributed by atoms with Gasteiger partial charge in [-0.15, -0.1) is 13.2 Å². The standard InChI is InChI=1S/C14H25N3O2.H2O/c1-5-8-9-12-17(13(18)15-10-6-2)14(19)16(4)11-7-3;/h6-7H,2-3,5,8-12H2,1,4H3,(H,15,18);1H2. The van der Waals surface area contributed by atoms with Gasteiger partial charge in [0.2, 0.25) is 0 Å². The predicted molar refractivity (Wildman–Crippen MR) is 81.7 cm³/mol. The summed E-state index contributed by atoms with van der Waals surface area (Å²) < 4.78 is 0. The molecule has 0 saturated carbocycles. The van der Waals surface area contributed by atoms with E-state index in [1.807, 2.05) is 0 Å². The number of nitrogens with one attached hydrogen (secondary N) is 1. The van der Waals surface area contributed by atoms with Gasteiger partial charge in [0.25, 0.3) is 0 Å². The van der Waals surface area contributed by atoms with Crippen LogP contribution in [0.1, 0.15) is 26.2 Å². The van der Waals surface area contributed by atoms with Gasteiger partial charge in [-0.3, -0.25) is 0 Å². The van der Waals surface area contributed by atoms with Crippen LogP contribution in [0.3, 0.4) is 0 Å². The van der Waals surface area contributed by atoms with Crippen molar-refractivity contribution in [2.75, 3.05) is 26.7 Å². The Bertz CT molecular complexity index is 319. The Balaban J connectivity index is 0. The van der Waals surface area contributed by atoms with Crippen molar-refractivity contribution in [1.29, 1.82) is 0 Å². The summed E-state index contributed by atoms with van der Waals surface area (Å²) in [7, 11) is 1.65. The second kappa shape index (κ2) is 12.2. The number of carbonyl (C=O) groups is 2. The van der Waals surface area contributed by atoms with Crippen molar-refractivity contribution in [3.05, 3.63) is 25.3 Å². The molecule has 0 aliphatic carbocycles. The molecule has 20 heavy (non-hydrogen) atoms. The van der Waals surface area contributed by atoms with Crippen molar-refractivity contribution in [3.8, 4) is 0 Å². The number of unbranched alkanes of at least 4 members (excludes halogenated alkanes) is 2. The van der Waals surface area contributed by atoms with Crippen LogP contribution in [0.5, 0.6) is 0 Å². The summed E-state index contributed by atoms with van der Waals surface area (Å²) in [5, 5.41) is 2.63. The van der Waals surface area contributed by atoms with Gasteiger partial charge in [0.1, 0.15) is 0 Å². The molecule has 0 heterocycles. The summed E-state index contributed by atoms with van der Waals surface area (Å²) in [4.78, 5) is 26.8. The van der Waals surface area contributed by atoms with Crippen molar-refractivity contribution in [1.82, 2.24) is 15.1 Å². The molecule has 0 aromatic carbocycles. The van der Waals surface area contributed by atoms with Crippen LogP contribution < -0.4 is 5.32 Å². The molecule has 4 amide bonds. The summed E-state index contributed by atoms with van der Waals surface area (Å²) in [6, 6.07) is -0.686. The van der Waals surface area contributed by atoms with Gasteiger partial charge >= 0.3 is 12.1 Å². The highest BCUT2D eigenvalue weighted by Gasteiger charge is 2.22. The van der Waals surface area contributed by atoms with Gasteiger partial charge in [-0.2, -0.15) is 0 Å². The van der Waals surface area contributed by atoms with E-state index in [0.717, 1.165) is 19.3 Å². The van der Waals surface area contributed by atoms with Crippen molar-refractivity contribution in [3.63, 3.8) is 0 Å². The molecule has 116 valence electrons. The number of amides is 4. The Labute approximate surface area is 121 Å². The van der Waals surface area contributed by atoms with Gasteiger partial charge in [-0.25, -0.2) is 14.5 Å². The third-order valence-corrected chi connectivity index (χ3v) is 2.59. The van der Waals surface area contributed by atoms with Crippen molar-refractivity contribution >= 4 is 12.1 Å². The largest absolute Gasteiger partial charge is 0.412 e. The molecule has 0 aliphatic heterocycles. The maximum atomic E-state index is 12.1. The first-order valence-electron chi connectivity index (χ1n) is 6.60. The molecule has 0 radical (unpaired) electrons. The van der Waals surface area contributed by atoms with Gasteiger partial charge in [0, 0.05) is 26.7 Å². The lowest BCUT2D eigenvalue weighted by molar-refractivity contribution is 0.164. The molecule has 0 rings (SSSR count). The Kier molecular flexibility index (Phi) is 12.5. The van der Waals surface area contributed by atoms with Crippen LogP contribution in [0, 0.1) is 0 Å². The number of hydrogen-bond donors (Lipinski definition) is 1. The minimum absolute atomic E-state index is 0. The van der Waals surface area contributed by atoms with E-state index in [-0.39, 0.29) is 17.5 Å². The van der Waals surface area contributed by atoms with Gasteiger partial charge < -0.3 is 15.7 Å². The van der Waals surface area contributed by atoms with Crippen molar-refractivity contribution in [2.24, 2.45) is 0 Å². The molecule has 0 saturated heterocycles. The van der Waals surface area contributed by atoms with E-state index in [4.69, 9.17) is 0 Å². The van der Waals surface area contributed by atoms with E-state index in [0.29, 0.717) is 19.6 Å². The lowest BCUT2D eigenvalue weighted by atomic mass is 10.2. The molecule has 3 N–H and O–H groups in total. The predicted octanol–water partition coefficient (Wildman–Crippen LogP) is 1.79. The minimum atomic E-state index is -0.378. The monoisotopic (exact) mass is 285 g/mol. The molecule has 0 unspecified atom stereocenters. The molecule has 0 bridgehead atoms. The number of likely N-dealkylation sites (N-methyl/N-ethyl adjacent to an activating group) is 1. The SMILES string of the molecule is C=CCNC(=O)N(CCCCC)C(=O)N(C)CC=C.O. The lowest BCUT2D eigenvalue weighted by Crippen LogP contribution is -2.49. The Morgan fingerprint density at radius 1 is 1.20 bits per heavy atom. The van der Waals surface area contributed by atoms with Crippen LogP contribution >= 0.6 is 0 Å². The fourth-order valence-electron chi connectivity index (χ4n) is 1.54. The zero-order valence-corrected chi connectivity index (χ0v) is 12.5. The number of carbonyl (C=O) groups excluding carboxylic acids is 2. The summed E-state index contributed by atoms with van der Waals surface area (Å²) in [5.74, 6) is 0. The van der Waals surface area contributed by atoms with Gasteiger partial charge in [-0.05, 0) is 6.42 Å². The molecular formula is C14H27N3O3. The molecule has 0 aliphatic rings. The second-order valence-electron chi connectivity index (χ2n) is 4.29. The van der Waals surface area contributed by atoms with Crippen LogP contribution in [0.25, 0.3) is 0 Å². The average molecular weight is 285 g/mol. The molecule has 6 heteroatoms. The van der Waals surface area contributed by atoms with E-state index < -0.39 is 0 Å². The van der Waals surface area contributed by atoms with E-state index >= 15 is 0 Å².